The Hall–Kier alpha value is -1.63. The Morgan fingerprint density at radius 2 is 2.05 bits per heavy atom. The molecule has 1 fully saturated rings. The summed E-state index contributed by atoms with van der Waals surface area (Å²) in [5, 5.41) is 14.5. The molecule has 20 heavy (non-hydrogen) atoms. The lowest BCUT2D eigenvalue weighted by Gasteiger charge is -2.30. The van der Waals surface area contributed by atoms with Crippen LogP contribution in [0, 0.1) is 0 Å². The standard InChI is InChI=1S/C13H20N4O3/c1-15-12(19)17-7-6-16(9-10(17)14-15)11(18)8-13(20)4-2-3-5-13/h20H,2-9H2,1H3. The first kappa shape index (κ1) is 13.4. The fourth-order valence-corrected chi connectivity index (χ4v) is 3.18. The molecule has 0 atom stereocenters. The van der Waals surface area contributed by atoms with Gasteiger partial charge in [-0.1, -0.05) is 12.8 Å². The van der Waals surface area contributed by atoms with E-state index in [1.165, 1.54) is 4.68 Å². The molecule has 1 saturated carbocycles. The van der Waals surface area contributed by atoms with Crippen LogP contribution in [0.1, 0.15) is 37.9 Å². The number of aryl methyl sites for hydroxylation is 1. The van der Waals surface area contributed by atoms with Crippen molar-refractivity contribution in [3.8, 4) is 0 Å². The van der Waals surface area contributed by atoms with E-state index in [4.69, 9.17) is 0 Å². The molecule has 2 aliphatic rings. The zero-order valence-corrected chi connectivity index (χ0v) is 11.7. The summed E-state index contributed by atoms with van der Waals surface area (Å²) in [5.74, 6) is 0.578. The van der Waals surface area contributed by atoms with E-state index in [9.17, 15) is 14.7 Å². The van der Waals surface area contributed by atoms with E-state index in [2.05, 4.69) is 5.10 Å². The minimum atomic E-state index is -0.821. The second-order valence-electron chi connectivity index (χ2n) is 5.90. The smallest absolute Gasteiger partial charge is 0.345 e. The lowest BCUT2D eigenvalue weighted by atomic mass is 9.97. The van der Waals surface area contributed by atoms with Crippen molar-refractivity contribution in [2.45, 2.75) is 50.8 Å². The van der Waals surface area contributed by atoms with Crippen LogP contribution in [0.4, 0.5) is 0 Å². The van der Waals surface area contributed by atoms with E-state index in [0.717, 1.165) is 12.8 Å². The number of hydrogen-bond acceptors (Lipinski definition) is 4. The molecule has 7 heteroatoms. The van der Waals surface area contributed by atoms with E-state index in [0.29, 0.717) is 38.3 Å². The molecule has 1 aliphatic carbocycles. The molecule has 1 N–H and O–H groups in total. The van der Waals surface area contributed by atoms with Crippen molar-refractivity contribution in [2.75, 3.05) is 6.54 Å². The molecule has 0 radical (unpaired) electrons. The molecule has 0 saturated heterocycles. The molecule has 1 amide bonds. The van der Waals surface area contributed by atoms with Crippen molar-refractivity contribution >= 4 is 5.91 Å². The van der Waals surface area contributed by atoms with Crippen molar-refractivity contribution < 1.29 is 9.90 Å². The summed E-state index contributed by atoms with van der Waals surface area (Å²) in [6.07, 6.45) is 3.58. The van der Waals surface area contributed by atoms with Crippen LogP contribution in [0.25, 0.3) is 0 Å². The minimum absolute atomic E-state index is 0.0428. The molecular formula is C13H20N4O3. The highest BCUT2D eigenvalue weighted by atomic mass is 16.3. The van der Waals surface area contributed by atoms with Crippen LogP contribution < -0.4 is 5.69 Å². The van der Waals surface area contributed by atoms with Crippen molar-refractivity contribution in [3.63, 3.8) is 0 Å². The fraction of sp³-hybridized carbons (Fsp3) is 0.769. The summed E-state index contributed by atoms with van der Waals surface area (Å²) >= 11 is 0. The van der Waals surface area contributed by atoms with Crippen LogP contribution >= 0.6 is 0 Å². The van der Waals surface area contributed by atoms with E-state index in [1.54, 1.807) is 16.5 Å². The summed E-state index contributed by atoms with van der Waals surface area (Å²) in [6.45, 7) is 1.34. The van der Waals surface area contributed by atoms with Crippen molar-refractivity contribution in [1.29, 1.82) is 0 Å². The van der Waals surface area contributed by atoms with Gasteiger partial charge in [0, 0.05) is 20.1 Å². The van der Waals surface area contributed by atoms with E-state index >= 15 is 0 Å². The average Bonchev–Trinajstić information content (AvgIpc) is 2.95. The lowest BCUT2D eigenvalue weighted by Crippen LogP contribution is -2.43. The molecule has 2 heterocycles. The van der Waals surface area contributed by atoms with Gasteiger partial charge in [0.25, 0.3) is 0 Å². The molecule has 0 bridgehead atoms. The van der Waals surface area contributed by atoms with Gasteiger partial charge in [0.05, 0.1) is 18.6 Å². The molecule has 3 rings (SSSR count). The van der Waals surface area contributed by atoms with Crippen molar-refractivity contribution in [3.05, 3.63) is 16.3 Å². The fourth-order valence-electron chi connectivity index (χ4n) is 3.18. The Labute approximate surface area is 116 Å². The molecule has 110 valence electrons. The maximum Gasteiger partial charge on any atom is 0.345 e. The molecule has 7 nitrogen and oxygen atoms in total. The number of aromatic nitrogens is 3. The molecule has 0 aromatic carbocycles. The maximum atomic E-state index is 12.3. The van der Waals surface area contributed by atoms with Gasteiger partial charge in [-0.2, -0.15) is 5.10 Å². The van der Waals surface area contributed by atoms with Gasteiger partial charge in [0.1, 0.15) is 0 Å². The third kappa shape index (κ3) is 2.26. The molecule has 1 aromatic rings. The van der Waals surface area contributed by atoms with Crippen LogP contribution in [-0.4, -0.2) is 42.4 Å². The number of amides is 1. The van der Waals surface area contributed by atoms with E-state index < -0.39 is 5.60 Å². The predicted octanol–water partition coefficient (Wildman–Crippen LogP) is -0.381. The van der Waals surface area contributed by atoms with Crippen LogP contribution in [0.3, 0.4) is 0 Å². The Morgan fingerprint density at radius 1 is 1.35 bits per heavy atom. The van der Waals surface area contributed by atoms with Crippen LogP contribution in [-0.2, 0) is 24.9 Å². The third-order valence-corrected chi connectivity index (χ3v) is 4.38. The second-order valence-corrected chi connectivity index (χ2v) is 5.90. The van der Waals surface area contributed by atoms with E-state index in [-0.39, 0.29) is 18.0 Å². The van der Waals surface area contributed by atoms with Gasteiger partial charge in [-0.3, -0.25) is 9.36 Å². The molecular weight excluding hydrogens is 260 g/mol. The summed E-state index contributed by atoms with van der Waals surface area (Å²) in [5.41, 5.74) is -0.959. The minimum Gasteiger partial charge on any atom is -0.389 e. The quantitative estimate of drug-likeness (QED) is 0.801. The van der Waals surface area contributed by atoms with Crippen LogP contribution in [0.15, 0.2) is 4.79 Å². The highest BCUT2D eigenvalue weighted by molar-refractivity contribution is 5.77. The topological polar surface area (TPSA) is 80.4 Å². The van der Waals surface area contributed by atoms with Crippen LogP contribution in [0.5, 0.6) is 0 Å². The van der Waals surface area contributed by atoms with Gasteiger partial charge < -0.3 is 10.0 Å². The molecule has 0 unspecified atom stereocenters. The number of rotatable bonds is 2. The lowest BCUT2D eigenvalue weighted by molar-refractivity contribution is -0.137. The number of nitrogens with zero attached hydrogens (tertiary/aromatic N) is 4. The molecule has 0 spiro atoms. The number of carbonyl (C=O) groups excluding carboxylic acids is 1. The van der Waals surface area contributed by atoms with Crippen molar-refractivity contribution in [1.82, 2.24) is 19.2 Å². The zero-order valence-electron chi connectivity index (χ0n) is 11.7. The van der Waals surface area contributed by atoms with Gasteiger partial charge in [-0.05, 0) is 12.8 Å². The first-order valence-corrected chi connectivity index (χ1v) is 7.11. The summed E-state index contributed by atoms with van der Waals surface area (Å²) in [7, 11) is 1.61. The van der Waals surface area contributed by atoms with Crippen LogP contribution in [0.2, 0.25) is 0 Å². The largest absolute Gasteiger partial charge is 0.389 e. The van der Waals surface area contributed by atoms with Gasteiger partial charge in [0.2, 0.25) is 5.91 Å². The highest BCUT2D eigenvalue weighted by Crippen LogP contribution is 2.33. The Kier molecular flexibility index (Phi) is 3.16. The Balaban J connectivity index is 1.70. The number of aliphatic hydroxyl groups is 1. The SMILES string of the molecule is Cn1nc2n(c1=O)CCN(C(=O)CC1(O)CCCC1)C2. The summed E-state index contributed by atoms with van der Waals surface area (Å²) < 4.78 is 2.90. The Bertz CT molecular complexity index is 583. The van der Waals surface area contributed by atoms with Gasteiger partial charge >= 0.3 is 5.69 Å². The van der Waals surface area contributed by atoms with Gasteiger partial charge in [-0.25, -0.2) is 9.48 Å². The molecule has 1 aliphatic heterocycles. The van der Waals surface area contributed by atoms with E-state index in [1.807, 2.05) is 0 Å². The average molecular weight is 280 g/mol. The number of fused-ring (bicyclic) bond motifs is 1. The summed E-state index contributed by atoms with van der Waals surface area (Å²) in [4.78, 5) is 25.7. The third-order valence-electron chi connectivity index (χ3n) is 4.38. The second kappa shape index (κ2) is 4.73. The summed E-state index contributed by atoms with van der Waals surface area (Å²) in [6, 6.07) is 0. The zero-order chi connectivity index (χ0) is 14.3. The highest BCUT2D eigenvalue weighted by Gasteiger charge is 2.36. The van der Waals surface area contributed by atoms with Crippen molar-refractivity contribution in [2.24, 2.45) is 7.05 Å². The normalized spacial score (nSPS) is 21.0. The maximum absolute atomic E-state index is 12.3. The number of carbonyl (C=O) groups is 1. The Morgan fingerprint density at radius 3 is 2.75 bits per heavy atom. The van der Waals surface area contributed by atoms with Gasteiger partial charge in [-0.15, -0.1) is 0 Å². The monoisotopic (exact) mass is 280 g/mol. The first-order valence-electron chi connectivity index (χ1n) is 7.11. The molecule has 1 aromatic heterocycles. The first-order chi connectivity index (χ1) is 9.48. The number of hydrogen-bond donors (Lipinski definition) is 1. The predicted molar refractivity (Wildman–Crippen MR) is 70.9 cm³/mol. The van der Waals surface area contributed by atoms with Gasteiger partial charge in [0.15, 0.2) is 5.82 Å².